The van der Waals surface area contributed by atoms with Crippen molar-refractivity contribution < 1.29 is 14.4 Å². The van der Waals surface area contributed by atoms with Gasteiger partial charge in [0.2, 0.25) is 11.8 Å². The third kappa shape index (κ3) is 2.02. The monoisotopic (exact) mass is 230 g/mol. The molecular formula is C9H11ClN2O3. The van der Waals surface area contributed by atoms with Gasteiger partial charge in [-0.05, 0) is 6.42 Å². The number of urea groups is 1. The highest BCUT2D eigenvalue weighted by atomic mass is 35.5. The Kier molecular flexibility index (Phi) is 3.14. The fourth-order valence-electron chi connectivity index (χ4n) is 1.51. The summed E-state index contributed by atoms with van der Waals surface area (Å²) in [7, 11) is 0. The number of imide groups is 2. The molecule has 0 radical (unpaired) electrons. The highest BCUT2D eigenvalue weighted by Crippen LogP contribution is 2.33. The van der Waals surface area contributed by atoms with Crippen molar-refractivity contribution in [2.24, 2.45) is 5.41 Å². The van der Waals surface area contributed by atoms with Gasteiger partial charge in [-0.15, -0.1) is 0 Å². The summed E-state index contributed by atoms with van der Waals surface area (Å²) >= 11 is 5.61. The molecule has 0 aromatic heterocycles. The van der Waals surface area contributed by atoms with E-state index < -0.39 is 23.3 Å². The highest BCUT2D eigenvalue weighted by molar-refractivity contribution is 6.30. The van der Waals surface area contributed by atoms with Crippen LogP contribution in [0.1, 0.15) is 19.8 Å². The summed E-state index contributed by atoms with van der Waals surface area (Å²) in [5.41, 5.74) is -1.31. The Balaban J connectivity index is 3.05. The molecule has 4 amide bonds. The Labute approximate surface area is 91.9 Å². The predicted molar refractivity (Wildman–Crippen MR) is 54.0 cm³/mol. The molecule has 1 aliphatic heterocycles. The first-order valence-corrected chi connectivity index (χ1v) is 4.80. The van der Waals surface area contributed by atoms with Gasteiger partial charge in [0, 0.05) is 11.5 Å². The summed E-state index contributed by atoms with van der Waals surface area (Å²) in [5, 5.41) is 4.30. The first-order chi connectivity index (χ1) is 6.92. The van der Waals surface area contributed by atoms with Crippen LogP contribution in [0.4, 0.5) is 4.79 Å². The maximum Gasteiger partial charge on any atom is 0.328 e. The van der Waals surface area contributed by atoms with Crippen molar-refractivity contribution >= 4 is 29.4 Å². The first-order valence-electron chi connectivity index (χ1n) is 4.42. The number of carbonyl (C=O) groups is 3. The van der Waals surface area contributed by atoms with E-state index in [9.17, 15) is 14.4 Å². The van der Waals surface area contributed by atoms with Gasteiger partial charge in [0.15, 0.2) is 0 Å². The second kappa shape index (κ2) is 4.02. The standard InChI is InChI=1S/C9H11ClN2O3/c1-3-9(4-5(2)10)6(13)11-8(15)12-7(9)14/h2-4H2,1H3,(H2,11,12,13,14,15). The molecule has 1 saturated heterocycles. The van der Waals surface area contributed by atoms with Gasteiger partial charge in [-0.3, -0.25) is 20.2 Å². The largest absolute Gasteiger partial charge is 0.328 e. The van der Waals surface area contributed by atoms with Gasteiger partial charge < -0.3 is 0 Å². The molecular weight excluding hydrogens is 220 g/mol. The smallest absolute Gasteiger partial charge is 0.277 e. The summed E-state index contributed by atoms with van der Waals surface area (Å²) in [6.45, 7) is 5.13. The van der Waals surface area contributed by atoms with E-state index in [-0.39, 0.29) is 17.9 Å². The fourth-order valence-corrected chi connectivity index (χ4v) is 1.74. The summed E-state index contributed by atoms with van der Waals surface area (Å²) in [6, 6.07) is -0.797. The number of allylic oxidation sites excluding steroid dienone is 1. The minimum absolute atomic E-state index is 0.0238. The van der Waals surface area contributed by atoms with Crippen LogP contribution in [0.25, 0.3) is 0 Å². The summed E-state index contributed by atoms with van der Waals surface area (Å²) in [5.74, 6) is -1.25. The van der Waals surface area contributed by atoms with Crippen molar-refractivity contribution in [2.45, 2.75) is 19.8 Å². The Morgan fingerprint density at radius 1 is 1.33 bits per heavy atom. The molecule has 0 spiro atoms. The lowest BCUT2D eigenvalue weighted by Gasteiger charge is -2.32. The minimum atomic E-state index is -1.31. The van der Waals surface area contributed by atoms with Gasteiger partial charge in [0.25, 0.3) is 0 Å². The zero-order chi connectivity index (χ0) is 11.6. The number of halogens is 1. The summed E-state index contributed by atoms with van der Waals surface area (Å²) < 4.78 is 0. The molecule has 0 aromatic rings. The van der Waals surface area contributed by atoms with Crippen LogP contribution in [0.15, 0.2) is 11.6 Å². The molecule has 1 heterocycles. The SMILES string of the molecule is C=C(Cl)CC1(CC)C(=O)NC(=O)NC1=O. The number of rotatable bonds is 3. The molecule has 6 heteroatoms. The second-order valence-electron chi connectivity index (χ2n) is 3.37. The fraction of sp³-hybridized carbons (Fsp3) is 0.444. The number of hydrogen-bond acceptors (Lipinski definition) is 3. The van der Waals surface area contributed by atoms with Crippen LogP contribution >= 0.6 is 11.6 Å². The van der Waals surface area contributed by atoms with Gasteiger partial charge in [-0.2, -0.15) is 0 Å². The van der Waals surface area contributed by atoms with Gasteiger partial charge >= 0.3 is 6.03 Å². The van der Waals surface area contributed by atoms with E-state index in [1.54, 1.807) is 6.92 Å². The number of nitrogens with one attached hydrogen (secondary N) is 2. The summed E-state index contributed by atoms with van der Waals surface area (Å²) in [6.07, 6.45) is 0.277. The molecule has 1 aliphatic rings. The lowest BCUT2D eigenvalue weighted by molar-refractivity contribution is -0.144. The third-order valence-corrected chi connectivity index (χ3v) is 2.55. The quantitative estimate of drug-likeness (QED) is 0.707. The number of hydrogen-bond donors (Lipinski definition) is 2. The third-order valence-electron chi connectivity index (χ3n) is 2.42. The second-order valence-corrected chi connectivity index (χ2v) is 3.90. The molecule has 2 N–H and O–H groups in total. The maximum absolute atomic E-state index is 11.6. The lowest BCUT2D eigenvalue weighted by atomic mass is 9.78. The molecule has 0 aliphatic carbocycles. The van der Waals surface area contributed by atoms with Crippen LogP contribution in [0.2, 0.25) is 0 Å². The topological polar surface area (TPSA) is 75.3 Å². The van der Waals surface area contributed by atoms with Crippen LogP contribution in [-0.4, -0.2) is 17.8 Å². The average Bonchev–Trinajstić information content (AvgIpc) is 2.11. The Hall–Kier alpha value is -1.36. The molecule has 0 bridgehead atoms. The van der Waals surface area contributed by atoms with Crippen molar-refractivity contribution in [1.82, 2.24) is 10.6 Å². The molecule has 1 fully saturated rings. The van der Waals surface area contributed by atoms with E-state index in [1.807, 2.05) is 10.6 Å². The van der Waals surface area contributed by atoms with Crippen LogP contribution < -0.4 is 10.6 Å². The molecule has 82 valence electrons. The van der Waals surface area contributed by atoms with E-state index in [0.29, 0.717) is 0 Å². The van der Waals surface area contributed by atoms with Crippen molar-refractivity contribution in [3.63, 3.8) is 0 Å². The summed E-state index contributed by atoms with van der Waals surface area (Å²) in [4.78, 5) is 34.1. The predicted octanol–water partition coefficient (Wildman–Crippen LogP) is 0.891. The van der Waals surface area contributed by atoms with Crippen molar-refractivity contribution in [3.05, 3.63) is 11.6 Å². The van der Waals surface area contributed by atoms with E-state index in [0.717, 1.165) is 0 Å². The molecule has 0 unspecified atom stereocenters. The number of carbonyl (C=O) groups excluding carboxylic acids is 3. The van der Waals surface area contributed by atoms with Crippen molar-refractivity contribution in [2.75, 3.05) is 0 Å². The van der Waals surface area contributed by atoms with Crippen LogP contribution in [0, 0.1) is 5.41 Å². The number of amides is 4. The van der Waals surface area contributed by atoms with Crippen LogP contribution in [-0.2, 0) is 9.59 Å². The lowest BCUT2D eigenvalue weighted by Crippen LogP contribution is -2.62. The van der Waals surface area contributed by atoms with Gasteiger partial charge in [-0.25, -0.2) is 4.79 Å². The van der Waals surface area contributed by atoms with E-state index in [1.165, 1.54) is 0 Å². The molecule has 0 atom stereocenters. The zero-order valence-electron chi connectivity index (χ0n) is 8.22. The minimum Gasteiger partial charge on any atom is -0.277 e. The van der Waals surface area contributed by atoms with Gasteiger partial charge in [0.1, 0.15) is 5.41 Å². The zero-order valence-corrected chi connectivity index (χ0v) is 8.98. The van der Waals surface area contributed by atoms with Gasteiger partial charge in [0.05, 0.1) is 0 Å². The van der Waals surface area contributed by atoms with Crippen LogP contribution in [0.3, 0.4) is 0 Å². The highest BCUT2D eigenvalue weighted by Gasteiger charge is 2.48. The van der Waals surface area contributed by atoms with Crippen molar-refractivity contribution in [3.8, 4) is 0 Å². The van der Waals surface area contributed by atoms with E-state index in [2.05, 4.69) is 6.58 Å². The molecule has 5 nitrogen and oxygen atoms in total. The normalized spacial score (nSPS) is 19.5. The molecule has 15 heavy (non-hydrogen) atoms. The van der Waals surface area contributed by atoms with E-state index in [4.69, 9.17) is 11.6 Å². The van der Waals surface area contributed by atoms with Gasteiger partial charge in [-0.1, -0.05) is 25.1 Å². The average molecular weight is 231 g/mol. The molecule has 0 aromatic carbocycles. The van der Waals surface area contributed by atoms with Crippen LogP contribution in [0.5, 0.6) is 0 Å². The Bertz CT molecular complexity index is 331. The van der Waals surface area contributed by atoms with E-state index >= 15 is 0 Å². The molecule has 0 saturated carbocycles. The Morgan fingerprint density at radius 3 is 2.13 bits per heavy atom. The Morgan fingerprint density at radius 2 is 1.80 bits per heavy atom. The molecule has 1 rings (SSSR count). The maximum atomic E-state index is 11.6. The van der Waals surface area contributed by atoms with Crippen molar-refractivity contribution in [1.29, 1.82) is 0 Å². The first kappa shape index (κ1) is 11.7. The number of barbiturate groups is 1.